The van der Waals surface area contributed by atoms with Crippen molar-refractivity contribution in [2.24, 2.45) is 0 Å². The van der Waals surface area contributed by atoms with Gasteiger partial charge in [-0.3, -0.25) is 4.79 Å². The van der Waals surface area contributed by atoms with Crippen LogP contribution in [0, 0.1) is 0 Å². The molecular formula is C17H15N3O3S2. The number of carbonyl (C=O) groups is 2. The summed E-state index contributed by atoms with van der Waals surface area (Å²) < 4.78 is 4.66. The molecule has 2 N–H and O–H groups in total. The van der Waals surface area contributed by atoms with E-state index in [0.717, 1.165) is 10.5 Å². The van der Waals surface area contributed by atoms with E-state index in [-0.39, 0.29) is 5.91 Å². The van der Waals surface area contributed by atoms with E-state index in [2.05, 4.69) is 20.0 Å². The smallest absolute Gasteiger partial charge is 0.354 e. The molecule has 0 spiro atoms. The Labute approximate surface area is 152 Å². The van der Waals surface area contributed by atoms with Gasteiger partial charge in [-0.2, -0.15) is 0 Å². The summed E-state index contributed by atoms with van der Waals surface area (Å²) in [6, 6.07) is 11.4. The van der Waals surface area contributed by atoms with Gasteiger partial charge in [0.15, 0.2) is 5.13 Å². The van der Waals surface area contributed by atoms with Gasteiger partial charge < -0.3 is 15.0 Å². The minimum Gasteiger partial charge on any atom is -0.464 e. The molecule has 1 amide bonds. The van der Waals surface area contributed by atoms with Gasteiger partial charge >= 0.3 is 5.97 Å². The number of aromatic nitrogens is 2. The maximum Gasteiger partial charge on any atom is 0.354 e. The number of thioether (sulfide) groups is 1. The molecule has 3 rings (SSSR count). The van der Waals surface area contributed by atoms with Crippen LogP contribution < -0.4 is 5.32 Å². The highest BCUT2D eigenvalue weighted by Gasteiger charge is 2.13. The lowest BCUT2D eigenvalue weighted by Gasteiger charge is -2.01. The summed E-state index contributed by atoms with van der Waals surface area (Å²) in [6.07, 6.45) is 1.68. The highest BCUT2D eigenvalue weighted by atomic mass is 32.2. The van der Waals surface area contributed by atoms with Crippen molar-refractivity contribution in [3.05, 3.63) is 53.7 Å². The molecule has 0 saturated heterocycles. The number of hydrogen-bond donors (Lipinski definition) is 2. The molecule has 0 radical (unpaired) electrons. The number of H-pyrrole nitrogens is 1. The Bertz CT molecular complexity index is 874. The molecule has 0 unspecified atom stereocenters. The third-order valence-electron chi connectivity index (χ3n) is 3.25. The zero-order valence-corrected chi connectivity index (χ0v) is 14.9. The number of amides is 1. The van der Waals surface area contributed by atoms with Gasteiger partial charge in [-0.25, -0.2) is 9.78 Å². The van der Waals surface area contributed by atoms with Crippen molar-refractivity contribution in [3.63, 3.8) is 0 Å². The van der Waals surface area contributed by atoms with Crippen LogP contribution >= 0.6 is 23.1 Å². The maximum absolute atomic E-state index is 12.0. The zero-order valence-electron chi connectivity index (χ0n) is 13.3. The van der Waals surface area contributed by atoms with Crippen LogP contribution in [0.15, 0.2) is 52.9 Å². The summed E-state index contributed by atoms with van der Waals surface area (Å²) in [7, 11) is 1.33. The molecule has 0 aliphatic carbocycles. The van der Waals surface area contributed by atoms with Gasteiger partial charge in [0.1, 0.15) is 5.69 Å². The number of nitrogens with zero attached hydrogens (tertiary/aromatic N) is 1. The topological polar surface area (TPSA) is 84.1 Å². The minimum atomic E-state index is -0.437. The van der Waals surface area contributed by atoms with E-state index < -0.39 is 5.97 Å². The third kappa shape index (κ3) is 4.49. The SMILES string of the molecule is COC(=O)c1cc(-c2csc(NC(=O)CSc3ccccc3)n2)c[nH]1. The number of nitrogens with one attached hydrogen (secondary N) is 2. The number of methoxy groups -OCH3 is 1. The standard InChI is InChI=1S/C17H15N3O3S2/c1-23-16(22)13-7-11(8-18-13)14-9-25-17(19-14)20-15(21)10-24-12-5-3-2-4-6-12/h2-9,18H,10H2,1H3,(H,19,20,21). The zero-order chi connectivity index (χ0) is 17.6. The summed E-state index contributed by atoms with van der Waals surface area (Å²) in [4.78, 5) is 31.8. The lowest BCUT2D eigenvalue weighted by molar-refractivity contribution is -0.113. The van der Waals surface area contributed by atoms with Gasteiger partial charge in [0.25, 0.3) is 0 Å². The van der Waals surface area contributed by atoms with Crippen molar-refractivity contribution in [3.8, 4) is 11.3 Å². The van der Waals surface area contributed by atoms with Crippen LogP contribution in [0.2, 0.25) is 0 Å². The van der Waals surface area contributed by atoms with Gasteiger partial charge in [0.05, 0.1) is 18.6 Å². The molecule has 0 bridgehead atoms. The number of benzene rings is 1. The van der Waals surface area contributed by atoms with Crippen LogP contribution in [0.3, 0.4) is 0 Å². The molecule has 0 fully saturated rings. The summed E-state index contributed by atoms with van der Waals surface area (Å²) in [5, 5.41) is 5.14. The highest BCUT2D eigenvalue weighted by molar-refractivity contribution is 8.00. The number of hydrogen-bond acceptors (Lipinski definition) is 6. The average molecular weight is 373 g/mol. The van der Waals surface area contributed by atoms with Crippen LogP contribution in [0.25, 0.3) is 11.3 Å². The lowest BCUT2D eigenvalue weighted by atomic mass is 10.2. The second-order valence-electron chi connectivity index (χ2n) is 4.98. The Morgan fingerprint density at radius 2 is 2.12 bits per heavy atom. The molecule has 1 aromatic carbocycles. The van der Waals surface area contributed by atoms with Crippen LogP contribution in [0.1, 0.15) is 10.5 Å². The minimum absolute atomic E-state index is 0.112. The number of anilines is 1. The highest BCUT2D eigenvalue weighted by Crippen LogP contribution is 2.26. The first-order chi connectivity index (χ1) is 12.2. The van der Waals surface area contributed by atoms with Crippen LogP contribution in [0.4, 0.5) is 5.13 Å². The Morgan fingerprint density at radius 1 is 1.32 bits per heavy atom. The fraction of sp³-hybridized carbons (Fsp3) is 0.118. The van der Waals surface area contributed by atoms with E-state index in [1.807, 2.05) is 35.7 Å². The predicted octanol–water partition coefficient (Wildman–Crippen LogP) is 3.66. The van der Waals surface area contributed by atoms with Crippen molar-refractivity contribution >= 4 is 40.1 Å². The molecule has 0 aliphatic heterocycles. The Kier molecular flexibility index (Phi) is 5.52. The summed E-state index contributed by atoms with van der Waals surface area (Å²) in [5.74, 6) is -0.234. The summed E-state index contributed by atoms with van der Waals surface area (Å²) in [5.41, 5.74) is 1.80. The van der Waals surface area contributed by atoms with Gasteiger partial charge in [-0.05, 0) is 18.2 Å². The van der Waals surface area contributed by atoms with Crippen LogP contribution in [-0.4, -0.2) is 34.7 Å². The number of esters is 1. The summed E-state index contributed by atoms with van der Waals surface area (Å²) in [6.45, 7) is 0. The lowest BCUT2D eigenvalue weighted by Crippen LogP contribution is -2.13. The van der Waals surface area contributed by atoms with E-state index in [4.69, 9.17) is 0 Å². The normalized spacial score (nSPS) is 10.4. The van der Waals surface area contributed by atoms with E-state index in [9.17, 15) is 9.59 Å². The Morgan fingerprint density at radius 3 is 2.88 bits per heavy atom. The molecule has 2 heterocycles. The second kappa shape index (κ2) is 8.00. The van der Waals surface area contributed by atoms with Crippen LogP contribution in [-0.2, 0) is 9.53 Å². The molecular weight excluding hydrogens is 358 g/mol. The molecule has 0 aliphatic rings. The molecule has 3 aromatic rings. The Balaban J connectivity index is 1.58. The number of carbonyl (C=O) groups excluding carboxylic acids is 2. The monoisotopic (exact) mass is 373 g/mol. The first-order valence-corrected chi connectivity index (χ1v) is 9.22. The van der Waals surface area contributed by atoms with Crippen molar-refractivity contribution in [1.29, 1.82) is 0 Å². The van der Waals surface area contributed by atoms with Gasteiger partial charge in [0, 0.05) is 22.0 Å². The Hall–Kier alpha value is -2.58. The molecule has 25 heavy (non-hydrogen) atoms. The van der Waals surface area contributed by atoms with Gasteiger partial charge in [-0.1, -0.05) is 18.2 Å². The number of aromatic amines is 1. The molecule has 0 atom stereocenters. The second-order valence-corrected chi connectivity index (χ2v) is 6.89. The molecule has 128 valence electrons. The van der Waals surface area contributed by atoms with Gasteiger partial charge in [0.2, 0.25) is 5.91 Å². The van der Waals surface area contributed by atoms with E-state index in [1.54, 1.807) is 12.3 Å². The predicted molar refractivity (Wildman–Crippen MR) is 99.0 cm³/mol. The first-order valence-electron chi connectivity index (χ1n) is 7.36. The van der Waals surface area contributed by atoms with Crippen LogP contribution in [0.5, 0.6) is 0 Å². The van der Waals surface area contributed by atoms with E-state index in [1.165, 1.54) is 30.2 Å². The maximum atomic E-state index is 12.0. The first kappa shape index (κ1) is 17.2. The third-order valence-corrected chi connectivity index (χ3v) is 5.02. The van der Waals surface area contributed by atoms with Crippen molar-refractivity contribution in [2.75, 3.05) is 18.2 Å². The number of ether oxygens (including phenoxy) is 1. The number of thiazole rings is 1. The fourth-order valence-electron chi connectivity index (χ4n) is 2.05. The van der Waals surface area contributed by atoms with Crippen molar-refractivity contribution in [2.45, 2.75) is 4.90 Å². The van der Waals surface area contributed by atoms with E-state index in [0.29, 0.717) is 22.3 Å². The largest absolute Gasteiger partial charge is 0.464 e. The molecule has 2 aromatic heterocycles. The summed E-state index contributed by atoms with van der Waals surface area (Å²) >= 11 is 2.80. The van der Waals surface area contributed by atoms with Gasteiger partial charge in [-0.15, -0.1) is 23.1 Å². The quantitative estimate of drug-likeness (QED) is 0.509. The fourth-order valence-corrected chi connectivity index (χ4v) is 3.51. The average Bonchev–Trinajstić information content (AvgIpc) is 3.29. The van der Waals surface area contributed by atoms with Crippen molar-refractivity contribution in [1.82, 2.24) is 9.97 Å². The molecule has 6 nitrogen and oxygen atoms in total. The van der Waals surface area contributed by atoms with Crippen molar-refractivity contribution < 1.29 is 14.3 Å². The molecule has 8 heteroatoms. The number of rotatable bonds is 6. The van der Waals surface area contributed by atoms with E-state index >= 15 is 0 Å². The molecule has 0 saturated carbocycles.